The van der Waals surface area contributed by atoms with Gasteiger partial charge < -0.3 is 4.90 Å². The first kappa shape index (κ1) is 12.1. The van der Waals surface area contributed by atoms with Gasteiger partial charge in [0.1, 0.15) is 0 Å². The van der Waals surface area contributed by atoms with E-state index < -0.39 is 0 Å². The molecule has 89 valence electrons. The van der Waals surface area contributed by atoms with Gasteiger partial charge in [0, 0.05) is 58.4 Å². The summed E-state index contributed by atoms with van der Waals surface area (Å²) in [6.07, 6.45) is 6.85. The summed E-state index contributed by atoms with van der Waals surface area (Å²) in [5.74, 6) is 1.42. The van der Waals surface area contributed by atoms with E-state index in [1.807, 2.05) is 0 Å². The van der Waals surface area contributed by atoms with Crippen LogP contribution in [0.5, 0.6) is 0 Å². The van der Waals surface area contributed by atoms with Gasteiger partial charge in [0.25, 0.3) is 0 Å². The van der Waals surface area contributed by atoms with Gasteiger partial charge in [-0.1, -0.05) is 29.3 Å². The smallest absolute Gasteiger partial charge is 0.0788 e. The van der Waals surface area contributed by atoms with Gasteiger partial charge in [-0.25, -0.2) is 0 Å². The molecule has 1 radical (unpaired) electrons. The van der Waals surface area contributed by atoms with Gasteiger partial charge >= 0.3 is 0 Å². The van der Waals surface area contributed by atoms with E-state index in [-0.39, 0.29) is 32.7 Å². The van der Waals surface area contributed by atoms with Gasteiger partial charge in [-0.2, -0.15) is 5.92 Å². The molecule has 18 heavy (non-hydrogen) atoms. The monoisotopic (exact) mass is 313 g/mol. The zero-order valence-corrected chi connectivity index (χ0v) is 13.4. The molecule has 0 bridgehead atoms. The molecule has 1 aromatic heterocycles. The number of fused-ring (bicyclic) bond motifs is 5. The Balaban J connectivity index is 0.000001000. The first-order chi connectivity index (χ1) is 8.27. The van der Waals surface area contributed by atoms with Crippen molar-refractivity contribution < 1.29 is 32.7 Å². The number of benzene rings is 1. The second-order valence-electron chi connectivity index (χ2n) is 4.81. The molecule has 0 aliphatic carbocycles. The summed E-state index contributed by atoms with van der Waals surface area (Å²) in [5.41, 5.74) is 1.35. The molecule has 2 aliphatic rings. The number of nitrogens with zero attached hydrogens (tertiary/aromatic N) is 3. The maximum absolute atomic E-state index is 2.28. The Kier molecular flexibility index (Phi) is 2.72. The molecule has 0 fully saturated rings. The van der Waals surface area contributed by atoms with Crippen LogP contribution in [0.4, 0.5) is 0 Å². The predicted octanol–water partition coefficient (Wildman–Crippen LogP) is 2.28. The van der Waals surface area contributed by atoms with E-state index in [1.165, 1.54) is 22.4 Å². The molecule has 4 heteroatoms. The molecule has 2 aromatic rings. The zero-order chi connectivity index (χ0) is 11.6. The van der Waals surface area contributed by atoms with Crippen molar-refractivity contribution >= 4 is 10.8 Å². The third-order valence-electron chi connectivity index (χ3n) is 3.81. The summed E-state index contributed by atoms with van der Waals surface area (Å²) < 4.78 is 2.27. The normalized spacial score (nSPS) is 20.3. The number of hydrogen-bond donors (Lipinski definition) is 0. The van der Waals surface area contributed by atoms with E-state index in [9.17, 15) is 0 Å². The molecule has 3 nitrogen and oxygen atoms in total. The second kappa shape index (κ2) is 4.04. The van der Waals surface area contributed by atoms with Gasteiger partial charge in [0.2, 0.25) is 0 Å². The molecular formula is C14H14N3Y-. The van der Waals surface area contributed by atoms with E-state index in [0.29, 0.717) is 6.17 Å². The topological polar surface area (TPSA) is 11.4 Å². The van der Waals surface area contributed by atoms with Crippen LogP contribution >= 0.6 is 0 Å². The number of rotatable bonds is 0. The summed E-state index contributed by atoms with van der Waals surface area (Å²) in [4.78, 5) is 2.25. The summed E-state index contributed by atoms with van der Waals surface area (Å²) >= 11 is 0. The number of likely N-dealkylation sites (N-methyl/N-ethyl adjacent to an activating group) is 1. The minimum atomic E-state index is 0. The van der Waals surface area contributed by atoms with Crippen molar-refractivity contribution in [2.75, 3.05) is 12.1 Å². The molecule has 0 N–H and O–H groups in total. The summed E-state index contributed by atoms with van der Waals surface area (Å²) in [6.45, 7) is 2.23. The molecule has 0 amide bonds. The molecule has 1 aromatic carbocycles. The van der Waals surface area contributed by atoms with E-state index in [0.717, 1.165) is 0 Å². The van der Waals surface area contributed by atoms with E-state index in [1.54, 1.807) is 0 Å². The molecule has 4 rings (SSSR count). The number of aromatic nitrogens is 1. The van der Waals surface area contributed by atoms with E-state index >= 15 is 0 Å². The third kappa shape index (κ3) is 1.35. The summed E-state index contributed by atoms with van der Waals surface area (Å²) in [5, 5.41) is 4.94. The van der Waals surface area contributed by atoms with Gasteiger partial charge in [0.05, 0.1) is 6.17 Å². The fourth-order valence-corrected chi connectivity index (χ4v) is 3.06. The average Bonchev–Trinajstić information content (AvgIpc) is 2.94. The fourth-order valence-electron chi connectivity index (χ4n) is 3.06. The maximum atomic E-state index is 2.28. The van der Waals surface area contributed by atoms with Crippen LogP contribution < -0.4 is 5.01 Å². The largest absolute Gasteiger partial charge is 0.368 e. The van der Waals surface area contributed by atoms with Crippen molar-refractivity contribution in [3.05, 3.63) is 54.5 Å². The van der Waals surface area contributed by atoms with Crippen molar-refractivity contribution in [1.29, 1.82) is 0 Å². The van der Waals surface area contributed by atoms with Crippen molar-refractivity contribution in [2.24, 2.45) is 0 Å². The number of hydrogen-bond acceptors (Lipinski definition) is 2. The zero-order valence-electron chi connectivity index (χ0n) is 10.5. The SMILES string of the molecule is C[C-]1c2c3ccccc3cn2N2C=CN(C)C12.[Y]. The molecule has 0 spiro atoms. The Morgan fingerprint density at radius 2 is 1.94 bits per heavy atom. The first-order valence-electron chi connectivity index (χ1n) is 5.90. The van der Waals surface area contributed by atoms with E-state index in [4.69, 9.17) is 0 Å². The Morgan fingerprint density at radius 1 is 1.17 bits per heavy atom. The van der Waals surface area contributed by atoms with Crippen molar-refractivity contribution in [3.8, 4) is 0 Å². The fraction of sp³-hybridized carbons (Fsp3) is 0.214. The van der Waals surface area contributed by atoms with E-state index in [2.05, 4.69) is 71.4 Å². The van der Waals surface area contributed by atoms with Crippen LogP contribution in [0.2, 0.25) is 0 Å². The van der Waals surface area contributed by atoms with Crippen LogP contribution in [0.3, 0.4) is 0 Å². The van der Waals surface area contributed by atoms with Gasteiger partial charge in [0.15, 0.2) is 0 Å². The minimum Gasteiger partial charge on any atom is -0.368 e. The maximum Gasteiger partial charge on any atom is 0.0788 e. The van der Waals surface area contributed by atoms with Gasteiger partial charge in [-0.05, 0) is 0 Å². The quantitative estimate of drug-likeness (QED) is 0.691. The van der Waals surface area contributed by atoms with Crippen LogP contribution in [0.25, 0.3) is 10.8 Å². The predicted molar refractivity (Wildman–Crippen MR) is 68.9 cm³/mol. The Hall–Kier alpha value is -0.926. The molecule has 3 heterocycles. The van der Waals surface area contributed by atoms with Gasteiger partial charge in [-0.15, -0.1) is 18.4 Å². The van der Waals surface area contributed by atoms with Crippen LogP contribution in [0.15, 0.2) is 42.9 Å². The molecule has 0 saturated carbocycles. The molecule has 1 unspecified atom stereocenters. The summed E-state index contributed by atoms with van der Waals surface area (Å²) in [7, 11) is 2.12. The van der Waals surface area contributed by atoms with Gasteiger partial charge in [-0.3, -0.25) is 9.69 Å². The van der Waals surface area contributed by atoms with Crippen LogP contribution in [0, 0.1) is 5.92 Å². The van der Waals surface area contributed by atoms with Crippen molar-refractivity contribution in [3.63, 3.8) is 0 Å². The Morgan fingerprint density at radius 3 is 2.78 bits per heavy atom. The van der Waals surface area contributed by atoms with Crippen molar-refractivity contribution in [1.82, 2.24) is 9.58 Å². The second-order valence-corrected chi connectivity index (χ2v) is 4.81. The summed E-state index contributed by atoms with van der Waals surface area (Å²) in [6, 6.07) is 8.58. The van der Waals surface area contributed by atoms with Crippen LogP contribution in [0.1, 0.15) is 12.6 Å². The standard InChI is InChI=1S/C14H14N3.Y/c1-10-13-12-6-4-3-5-11(12)9-17(13)16-8-7-15(2)14(10)16;/h3-9,14H,1-2H3;/q-1;. The molecular weight excluding hydrogens is 299 g/mol. The average molecular weight is 313 g/mol. The van der Waals surface area contributed by atoms with Crippen LogP contribution in [-0.4, -0.2) is 22.8 Å². The Bertz CT molecular complexity index is 631. The van der Waals surface area contributed by atoms with Crippen molar-refractivity contribution in [2.45, 2.75) is 13.1 Å². The molecule has 1 atom stereocenters. The minimum absolute atomic E-state index is 0. The molecule has 2 aliphatic heterocycles. The molecule has 0 saturated heterocycles. The Labute approximate surface area is 132 Å². The van der Waals surface area contributed by atoms with Crippen LogP contribution in [-0.2, 0) is 32.7 Å². The first-order valence-corrected chi connectivity index (χ1v) is 5.90. The third-order valence-corrected chi connectivity index (χ3v) is 3.81.